The molecule has 0 saturated heterocycles. The monoisotopic (exact) mass is 476 g/mol. The molecule has 2 aromatic heterocycles. The second-order valence-corrected chi connectivity index (χ2v) is 8.65. The van der Waals surface area contributed by atoms with E-state index in [1.54, 1.807) is 17.7 Å². The van der Waals surface area contributed by atoms with Crippen LogP contribution >= 0.6 is 0 Å². The summed E-state index contributed by atoms with van der Waals surface area (Å²) in [5, 5.41) is 15.4. The first kappa shape index (κ1) is 23.1. The first-order valence-corrected chi connectivity index (χ1v) is 11.8. The lowest BCUT2D eigenvalue weighted by atomic mass is 9.93. The molecule has 0 fully saturated rings. The summed E-state index contributed by atoms with van der Waals surface area (Å²) in [6.45, 7) is 3.89. The molecule has 1 aliphatic rings. The predicted octanol–water partition coefficient (Wildman–Crippen LogP) is 5.68. The second-order valence-electron chi connectivity index (χ2n) is 8.65. The number of carbonyl (C=O) groups is 2. The lowest BCUT2D eigenvalue weighted by Gasteiger charge is -2.27. The molecule has 0 bridgehead atoms. The van der Waals surface area contributed by atoms with E-state index in [2.05, 4.69) is 0 Å². The van der Waals surface area contributed by atoms with Gasteiger partial charge in [0.25, 0.3) is 11.8 Å². The smallest absolute Gasteiger partial charge is 0.271 e. The molecule has 2 amide bonds. The topological polar surface area (TPSA) is 92.1 Å². The number of furan rings is 1. The van der Waals surface area contributed by atoms with Crippen LogP contribution in [0.15, 0.2) is 88.0 Å². The van der Waals surface area contributed by atoms with Crippen molar-refractivity contribution in [3.63, 3.8) is 0 Å². The van der Waals surface area contributed by atoms with E-state index in [0.717, 1.165) is 23.1 Å². The second kappa shape index (κ2) is 9.51. The number of unbranched alkanes of at least 4 members (excludes halogenated alkanes) is 1. The lowest BCUT2D eigenvalue weighted by molar-refractivity contribution is -0.140. The van der Waals surface area contributed by atoms with Crippen molar-refractivity contribution in [1.82, 2.24) is 14.7 Å². The maximum absolute atomic E-state index is 13.4. The highest BCUT2D eigenvalue weighted by molar-refractivity contribution is 6.19. The third kappa shape index (κ3) is 4.03. The summed E-state index contributed by atoms with van der Waals surface area (Å²) >= 11 is 0. The molecular formula is C29H24N4O3. The minimum absolute atomic E-state index is 0.0160. The van der Waals surface area contributed by atoms with Gasteiger partial charge in [0, 0.05) is 29.3 Å². The molecule has 7 heteroatoms. The summed E-state index contributed by atoms with van der Waals surface area (Å²) in [7, 11) is 0. The van der Waals surface area contributed by atoms with Gasteiger partial charge in [-0.1, -0.05) is 49.7 Å². The number of benzene rings is 2. The Morgan fingerprint density at radius 1 is 1.06 bits per heavy atom. The maximum Gasteiger partial charge on any atom is 0.271 e. The average molecular weight is 477 g/mol. The van der Waals surface area contributed by atoms with Crippen molar-refractivity contribution < 1.29 is 14.0 Å². The molecule has 0 saturated carbocycles. The Balaban J connectivity index is 1.69. The van der Waals surface area contributed by atoms with Crippen LogP contribution in [0, 0.1) is 11.3 Å². The average Bonchev–Trinajstić information content (AvgIpc) is 3.51. The van der Waals surface area contributed by atoms with Crippen LogP contribution in [-0.2, 0) is 9.59 Å². The summed E-state index contributed by atoms with van der Waals surface area (Å²) in [6.07, 6.45) is 5.01. The largest absolute Gasteiger partial charge is 0.454 e. The molecule has 1 aliphatic heterocycles. The number of carbonyl (C=O) groups excluding carboxylic acids is 2. The van der Waals surface area contributed by atoms with Gasteiger partial charge in [0.1, 0.15) is 22.9 Å². The van der Waals surface area contributed by atoms with Crippen LogP contribution in [-0.4, -0.2) is 33.0 Å². The predicted molar refractivity (Wildman–Crippen MR) is 137 cm³/mol. The maximum atomic E-state index is 13.4. The van der Waals surface area contributed by atoms with Crippen molar-refractivity contribution in [1.29, 1.82) is 5.26 Å². The van der Waals surface area contributed by atoms with Gasteiger partial charge in [-0.15, -0.1) is 0 Å². The number of hydrogen-bond acceptors (Lipinski definition) is 5. The number of imide groups is 1. The lowest BCUT2D eigenvalue weighted by Crippen LogP contribution is -2.43. The molecule has 4 aromatic rings. The van der Waals surface area contributed by atoms with Crippen LogP contribution in [0.2, 0.25) is 0 Å². The van der Waals surface area contributed by atoms with Gasteiger partial charge < -0.3 is 4.42 Å². The van der Waals surface area contributed by atoms with Gasteiger partial charge in [-0.25, -0.2) is 4.68 Å². The highest BCUT2D eigenvalue weighted by Gasteiger charge is 2.35. The Labute approximate surface area is 208 Å². The first-order chi connectivity index (χ1) is 17.5. The van der Waals surface area contributed by atoms with E-state index in [1.807, 2.05) is 79.9 Å². The minimum Gasteiger partial charge on any atom is -0.454 e. The molecule has 0 spiro atoms. The van der Waals surface area contributed by atoms with Crippen molar-refractivity contribution in [2.75, 3.05) is 6.54 Å². The quantitative estimate of drug-likeness (QED) is 0.264. The Kier molecular flexibility index (Phi) is 6.09. The van der Waals surface area contributed by atoms with Gasteiger partial charge in [-0.2, -0.15) is 10.4 Å². The molecule has 3 heterocycles. The molecule has 2 aromatic carbocycles. The molecule has 0 atom stereocenters. The van der Waals surface area contributed by atoms with E-state index >= 15 is 0 Å². The van der Waals surface area contributed by atoms with Crippen LogP contribution in [0.3, 0.4) is 0 Å². The summed E-state index contributed by atoms with van der Waals surface area (Å²) in [5.41, 5.74) is 3.42. The number of nitrogens with zero attached hydrogens (tertiary/aromatic N) is 4. The number of fused-ring (bicyclic) bond motifs is 1. The third-order valence-corrected chi connectivity index (χ3v) is 6.28. The molecule has 0 N–H and O–H groups in total. The SMILES string of the molecule is CCCCN1C(=O)C(C#N)=C(C)/C(=C\c2cn(-c3ccccc3)nc2-c2cc3ccccc3o2)C1=O. The Morgan fingerprint density at radius 2 is 1.81 bits per heavy atom. The molecular weight excluding hydrogens is 452 g/mol. The van der Waals surface area contributed by atoms with Crippen LogP contribution in [0.4, 0.5) is 0 Å². The third-order valence-electron chi connectivity index (χ3n) is 6.28. The van der Waals surface area contributed by atoms with Crippen molar-refractivity contribution in [2.24, 2.45) is 0 Å². The van der Waals surface area contributed by atoms with Gasteiger partial charge in [-0.05, 0) is 49.3 Å². The zero-order valence-electron chi connectivity index (χ0n) is 20.1. The van der Waals surface area contributed by atoms with Gasteiger partial charge >= 0.3 is 0 Å². The van der Waals surface area contributed by atoms with Gasteiger partial charge in [0.2, 0.25) is 0 Å². The number of nitriles is 1. The molecule has 0 unspecified atom stereocenters. The fourth-order valence-electron chi connectivity index (χ4n) is 4.30. The Hall–Kier alpha value is -4.70. The first-order valence-electron chi connectivity index (χ1n) is 11.8. The fourth-order valence-corrected chi connectivity index (χ4v) is 4.30. The summed E-state index contributed by atoms with van der Waals surface area (Å²) in [5.74, 6) is -0.391. The molecule has 7 nitrogen and oxygen atoms in total. The van der Waals surface area contributed by atoms with Crippen LogP contribution in [0.25, 0.3) is 34.2 Å². The van der Waals surface area contributed by atoms with Crippen LogP contribution in [0.5, 0.6) is 0 Å². The van der Waals surface area contributed by atoms with E-state index in [0.29, 0.717) is 34.6 Å². The number of hydrogen-bond donors (Lipinski definition) is 0. The normalized spacial score (nSPS) is 15.2. The number of amides is 2. The summed E-state index contributed by atoms with van der Waals surface area (Å²) < 4.78 is 7.83. The fraction of sp³-hybridized carbons (Fsp3) is 0.172. The van der Waals surface area contributed by atoms with Gasteiger partial charge in [0.05, 0.1) is 5.69 Å². The number of para-hydroxylation sites is 2. The van der Waals surface area contributed by atoms with E-state index in [-0.39, 0.29) is 12.1 Å². The van der Waals surface area contributed by atoms with Crippen molar-refractivity contribution in [3.8, 4) is 23.2 Å². The Morgan fingerprint density at radius 3 is 2.53 bits per heavy atom. The van der Waals surface area contributed by atoms with Crippen LogP contribution < -0.4 is 0 Å². The molecule has 0 aliphatic carbocycles. The van der Waals surface area contributed by atoms with Crippen LogP contribution in [0.1, 0.15) is 32.3 Å². The van der Waals surface area contributed by atoms with Gasteiger partial charge in [0.15, 0.2) is 5.76 Å². The molecule has 36 heavy (non-hydrogen) atoms. The van der Waals surface area contributed by atoms with E-state index < -0.39 is 11.8 Å². The molecule has 5 rings (SSSR count). The Bertz CT molecular complexity index is 1550. The van der Waals surface area contributed by atoms with E-state index in [9.17, 15) is 14.9 Å². The zero-order chi connectivity index (χ0) is 25.2. The highest BCUT2D eigenvalue weighted by atomic mass is 16.3. The van der Waals surface area contributed by atoms with E-state index in [4.69, 9.17) is 9.52 Å². The number of rotatable bonds is 6. The molecule has 0 radical (unpaired) electrons. The van der Waals surface area contributed by atoms with Gasteiger partial charge in [-0.3, -0.25) is 14.5 Å². The highest BCUT2D eigenvalue weighted by Crippen LogP contribution is 2.33. The molecule has 178 valence electrons. The van der Waals surface area contributed by atoms with Crippen molar-refractivity contribution in [3.05, 3.63) is 89.1 Å². The van der Waals surface area contributed by atoms with E-state index in [1.165, 1.54) is 4.90 Å². The standard InChI is InChI=1S/C29H24N4O3/c1-3-4-14-32-28(34)23(19(2)24(17-30)29(32)35)15-21-18-33(22-11-6-5-7-12-22)31-27(21)26-16-20-10-8-9-13-25(20)36-26/h5-13,15-16,18H,3-4,14H2,1-2H3/b23-15+. The number of aromatic nitrogens is 2. The summed E-state index contributed by atoms with van der Waals surface area (Å²) in [6, 6.07) is 21.2. The summed E-state index contributed by atoms with van der Waals surface area (Å²) in [4.78, 5) is 27.4. The van der Waals surface area contributed by atoms with Crippen molar-refractivity contribution >= 4 is 28.9 Å². The minimum atomic E-state index is -0.539. The zero-order valence-corrected chi connectivity index (χ0v) is 20.1. The van der Waals surface area contributed by atoms with Crippen molar-refractivity contribution in [2.45, 2.75) is 26.7 Å².